The Hall–Kier alpha value is -1.92. The third-order valence-electron chi connectivity index (χ3n) is 5.64. The molecule has 0 saturated heterocycles. The van der Waals surface area contributed by atoms with E-state index in [9.17, 15) is 4.79 Å². The topological polar surface area (TPSA) is 77.2 Å². The van der Waals surface area contributed by atoms with Crippen LogP contribution in [0, 0.1) is 11.8 Å². The number of carbonyl (C=O) groups excluding carboxylic acids is 1. The maximum atomic E-state index is 12.8. The molecule has 5 nitrogen and oxygen atoms in total. The minimum atomic E-state index is -0.0125. The van der Waals surface area contributed by atoms with E-state index in [-0.39, 0.29) is 11.9 Å². The molecule has 0 aliphatic heterocycles. The van der Waals surface area contributed by atoms with Crippen LogP contribution in [-0.2, 0) is 6.61 Å². The lowest BCUT2D eigenvalue weighted by molar-refractivity contribution is 0.0755. The van der Waals surface area contributed by atoms with Gasteiger partial charge in [-0.25, -0.2) is 4.98 Å². The van der Waals surface area contributed by atoms with Crippen molar-refractivity contribution in [2.24, 2.45) is 17.6 Å². The lowest BCUT2D eigenvalue weighted by Gasteiger charge is -2.45. The van der Waals surface area contributed by atoms with Gasteiger partial charge in [0.25, 0.3) is 5.91 Å². The Kier molecular flexibility index (Phi) is 5.22. The fraction of sp³-hybridized carbons (Fsp3) is 0.500. The predicted molar refractivity (Wildman–Crippen MR) is 102 cm³/mol. The zero-order chi connectivity index (χ0) is 17.9. The van der Waals surface area contributed by atoms with Gasteiger partial charge in [0.15, 0.2) is 0 Å². The van der Waals surface area contributed by atoms with Crippen LogP contribution < -0.4 is 15.8 Å². The number of hydrogen-bond acceptors (Lipinski definition) is 5. The molecule has 4 rings (SSSR count). The molecule has 138 valence electrons. The average molecular weight is 372 g/mol. The Morgan fingerprint density at radius 3 is 2.85 bits per heavy atom. The Balaban J connectivity index is 1.41. The Morgan fingerprint density at radius 2 is 2.12 bits per heavy atom. The van der Waals surface area contributed by atoms with E-state index in [0.29, 0.717) is 35.8 Å². The van der Waals surface area contributed by atoms with Crippen LogP contribution in [0.2, 0.25) is 0 Å². The zero-order valence-electron chi connectivity index (χ0n) is 14.8. The van der Waals surface area contributed by atoms with Crippen LogP contribution in [0.25, 0.3) is 0 Å². The van der Waals surface area contributed by atoms with E-state index < -0.39 is 0 Å². The van der Waals surface area contributed by atoms with Gasteiger partial charge in [0.05, 0.1) is 11.2 Å². The Labute approximate surface area is 158 Å². The van der Waals surface area contributed by atoms with Crippen LogP contribution in [0.3, 0.4) is 0 Å². The lowest BCUT2D eigenvalue weighted by atomic mass is 9.67. The van der Waals surface area contributed by atoms with E-state index in [1.165, 1.54) is 19.3 Å². The number of nitrogens with zero attached hydrogens (tertiary/aromatic N) is 1. The summed E-state index contributed by atoms with van der Waals surface area (Å²) in [6.07, 6.45) is 5.66. The van der Waals surface area contributed by atoms with Gasteiger partial charge in [-0.3, -0.25) is 4.79 Å². The molecule has 3 N–H and O–H groups in total. The number of carbonyl (C=O) groups is 1. The normalized spacial score (nSPS) is 27.7. The third kappa shape index (κ3) is 3.91. The highest BCUT2D eigenvalue weighted by Crippen LogP contribution is 2.39. The monoisotopic (exact) mass is 371 g/mol. The van der Waals surface area contributed by atoms with Crippen molar-refractivity contribution in [3.63, 3.8) is 0 Å². The maximum absolute atomic E-state index is 12.8. The molecule has 2 atom stereocenters. The summed E-state index contributed by atoms with van der Waals surface area (Å²) in [7, 11) is 0. The highest BCUT2D eigenvalue weighted by Gasteiger charge is 2.39. The van der Waals surface area contributed by atoms with Crippen molar-refractivity contribution < 1.29 is 9.53 Å². The molecule has 2 aromatic rings. The summed E-state index contributed by atoms with van der Waals surface area (Å²) in [6, 6.07) is 7.94. The summed E-state index contributed by atoms with van der Waals surface area (Å²) in [5.41, 5.74) is 9.52. The molecule has 1 heterocycles. The van der Waals surface area contributed by atoms with Gasteiger partial charge < -0.3 is 15.8 Å². The van der Waals surface area contributed by atoms with Crippen LogP contribution in [0.4, 0.5) is 0 Å². The molecule has 2 saturated carbocycles. The zero-order valence-corrected chi connectivity index (χ0v) is 15.6. The van der Waals surface area contributed by atoms with E-state index in [4.69, 9.17) is 10.5 Å². The molecule has 2 unspecified atom stereocenters. The molecule has 2 fully saturated rings. The highest BCUT2D eigenvalue weighted by molar-refractivity contribution is 7.07. The first kappa shape index (κ1) is 17.5. The highest BCUT2D eigenvalue weighted by atomic mass is 32.1. The summed E-state index contributed by atoms with van der Waals surface area (Å²) in [5.74, 6) is 1.72. The second kappa shape index (κ2) is 7.76. The average Bonchev–Trinajstić information content (AvgIpc) is 3.14. The number of fused-ring (bicyclic) bond motifs is 2. The van der Waals surface area contributed by atoms with Crippen molar-refractivity contribution in [1.82, 2.24) is 10.3 Å². The first-order chi connectivity index (χ1) is 12.7. The van der Waals surface area contributed by atoms with Crippen LogP contribution in [0.1, 0.15) is 48.2 Å². The molecule has 2 aliphatic rings. The van der Waals surface area contributed by atoms with Gasteiger partial charge >= 0.3 is 0 Å². The number of hydrogen-bond donors (Lipinski definition) is 2. The summed E-state index contributed by atoms with van der Waals surface area (Å²) >= 11 is 1.55. The number of aromatic nitrogens is 1. The lowest BCUT2D eigenvalue weighted by Crippen LogP contribution is -2.53. The van der Waals surface area contributed by atoms with Crippen LogP contribution in [0.15, 0.2) is 35.2 Å². The predicted octanol–water partition coefficient (Wildman–Crippen LogP) is 3.36. The molecule has 26 heavy (non-hydrogen) atoms. The number of nitrogens with one attached hydrogen (secondary N) is 1. The van der Waals surface area contributed by atoms with E-state index in [2.05, 4.69) is 10.3 Å². The van der Waals surface area contributed by atoms with Gasteiger partial charge in [-0.15, -0.1) is 11.3 Å². The van der Waals surface area contributed by atoms with E-state index in [0.717, 1.165) is 18.5 Å². The molecular formula is C20H25N3O2S. The van der Waals surface area contributed by atoms with Crippen molar-refractivity contribution in [3.05, 3.63) is 46.4 Å². The fourth-order valence-corrected chi connectivity index (χ4v) is 5.00. The molecule has 6 heteroatoms. The van der Waals surface area contributed by atoms with Gasteiger partial charge in [-0.2, -0.15) is 0 Å². The van der Waals surface area contributed by atoms with Crippen molar-refractivity contribution in [2.45, 2.75) is 50.8 Å². The maximum Gasteiger partial charge on any atom is 0.251 e. The summed E-state index contributed by atoms with van der Waals surface area (Å²) < 4.78 is 5.77. The molecular weight excluding hydrogens is 346 g/mol. The number of benzene rings is 1. The molecule has 1 aromatic carbocycles. The summed E-state index contributed by atoms with van der Waals surface area (Å²) in [5, 5.41) is 5.26. The van der Waals surface area contributed by atoms with Crippen LogP contribution in [0.5, 0.6) is 5.75 Å². The van der Waals surface area contributed by atoms with Crippen molar-refractivity contribution in [1.29, 1.82) is 0 Å². The second-order valence-corrected chi connectivity index (χ2v) is 8.20. The van der Waals surface area contributed by atoms with Gasteiger partial charge in [0.1, 0.15) is 12.4 Å². The molecule has 2 aliphatic carbocycles. The van der Waals surface area contributed by atoms with Gasteiger partial charge in [-0.1, -0.05) is 12.5 Å². The second-order valence-electron chi connectivity index (χ2n) is 7.48. The smallest absolute Gasteiger partial charge is 0.251 e. The van der Waals surface area contributed by atoms with Crippen molar-refractivity contribution >= 4 is 17.2 Å². The van der Waals surface area contributed by atoms with Crippen LogP contribution >= 0.6 is 11.3 Å². The Morgan fingerprint density at radius 1 is 1.31 bits per heavy atom. The Bertz CT molecular complexity index is 735. The molecule has 0 radical (unpaired) electrons. The molecule has 0 spiro atoms. The van der Waals surface area contributed by atoms with Crippen molar-refractivity contribution in [2.75, 3.05) is 0 Å². The van der Waals surface area contributed by atoms with Crippen LogP contribution in [-0.4, -0.2) is 23.0 Å². The minimum absolute atomic E-state index is 0.0125. The van der Waals surface area contributed by atoms with Gasteiger partial charge in [0, 0.05) is 23.0 Å². The number of nitrogens with two attached hydrogens (primary N) is 1. The number of thiazole rings is 1. The third-order valence-corrected chi connectivity index (χ3v) is 6.28. The number of rotatable bonds is 5. The number of amides is 1. The van der Waals surface area contributed by atoms with E-state index >= 15 is 0 Å². The molecule has 1 aromatic heterocycles. The molecule has 1 amide bonds. The number of ether oxygens (including phenoxy) is 1. The minimum Gasteiger partial charge on any atom is -0.487 e. The SMILES string of the molecule is NC1CC2CCCC(C1)C2NC(=O)c1cccc(OCc2cscn2)c1. The van der Waals surface area contributed by atoms with Crippen molar-refractivity contribution in [3.8, 4) is 5.75 Å². The van der Waals surface area contributed by atoms with E-state index in [1.54, 1.807) is 16.8 Å². The quantitative estimate of drug-likeness (QED) is 0.845. The standard InChI is InChI=1S/C20H25N3O2S/c21-16-7-13-3-1-4-14(8-16)19(13)23-20(24)15-5-2-6-18(9-15)25-10-17-11-26-12-22-17/h2,5-6,9,11-14,16,19H,1,3-4,7-8,10,21H2,(H,23,24). The fourth-order valence-electron chi connectivity index (χ4n) is 4.45. The van der Waals surface area contributed by atoms with E-state index in [1.807, 2.05) is 29.6 Å². The first-order valence-corrected chi connectivity index (χ1v) is 10.3. The summed E-state index contributed by atoms with van der Waals surface area (Å²) in [6.45, 7) is 0.416. The largest absolute Gasteiger partial charge is 0.487 e. The van der Waals surface area contributed by atoms with Gasteiger partial charge in [-0.05, 0) is 55.7 Å². The molecule has 2 bridgehead atoms. The summed E-state index contributed by atoms with van der Waals surface area (Å²) in [4.78, 5) is 17.0. The first-order valence-electron chi connectivity index (χ1n) is 9.35. The van der Waals surface area contributed by atoms with Gasteiger partial charge in [0.2, 0.25) is 0 Å².